The number of guanidine groups is 1. The quantitative estimate of drug-likeness (QED) is 0.469. The van der Waals surface area contributed by atoms with Crippen molar-refractivity contribution in [3.8, 4) is 0 Å². The summed E-state index contributed by atoms with van der Waals surface area (Å²) in [6.07, 6.45) is 6.93. The summed E-state index contributed by atoms with van der Waals surface area (Å²) in [5, 5.41) is 3.14. The molecule has 5 nitrogen and oxygen atoms in total. The Morgan fingerprint density at radius 2 is 2.23 bits per heavy atom. The van der Waals surface area contributed by atoms with Crippen LogP contribution in [0.25, 0.3) is 0 Å². The second-order valence-corrected chi connectivity index (χ2v) is 5.32. The molecule has 2 rings (SSSR count). The largest absolute Gasteiger partial charge is 0.370 e. The van der Waals surface area contributed by atoms with E-state index in [1.165, 1.54) is 5.56 Å². The van der Waals surface area contributed by atoms with Gasteiger partial charge in [0.1, 0.15) is 5.82 Å². The zero-order chi connectivity index (χ0) is 15.8. The monoisotopic (exact) mass is 299 g/mol. The molecule has 0 saturated heterocycles. The van der Waals surface area contributed by atoms with E-state index in [0.717, 1.165) is 43.9 Å². The van der Waals surface area contributed by atoms with Crippen LogP contribution in [0.15, 0.2) is 41.7 Å². The predicted molar refractivity (Wildman–Crippen MR) is 92.1 cm³/mol. The molecular formula is C17H25N5. The van der Waals surface area contributed by atoms with E-state index in [1.54, 1.807) is 0 Å². The van der Waals surface area contributed by atoms with E-state index in [4.69, 9.17) is 5.73 Å². The van der Waals surface area contributed by atoms with Crippen molar-refractivity contribution in [1.29, 1.82) is 0 Å². The van der Waals surface area contributed by atoms with Crippen LogP contribution in [0.5, 0.6) is 0 Å². The number of hydrogen-bond donors (Lipinski definition) is 2. The molecule has 3 N–H and O–H groups in total. The van der Waals surface area contributed by atoms with E-state index in [9.17, 15) is 0 Å². The third kappa shape index (κ3) is 4.91. The van der Waals surface area contributed by atoms with Gasteiger partial charge in [0.15, 0.2) is 5.96 Å². The lowest BCUT2D eigenvalue weighted by atomic mass is 10.1. The molecule has 1 heterocycles. The van der Waals surface area contributed by atoms with E-state index in [1.807, 2.05) is 31.5 Å². The average molecular weight is 299 g/mol. The van der Waals surface area contributed by atoms with Gasteiger partial charge in [0, 0.05) is 31.2 Å². The van der Waals surface area contributed by atoms with Crippen molar-refractivity contribution in [3.63, 3.8) is 0 Å². The van der Waals surface area contributed by atoms with Gasteiger partial charge in [0.05, 0.1) is 0 Å². The summed E-state index contributed by atoms with van der Waals surface area (Å²) in [5.74, 6) is 1.53. The van der Waals surface area contributed by atoms with Crippen LogP contribution in [0.1, 0.15) is 31.2 Å². The molecule has 2 aromatic rings. The molecule has 0 aliphatic heterocycles. The Hall–Kier alpha value is -2.30. The molecule has 0 radical (unpaired) electrons. The van der Waals surface area contributed by atoms with Crippen LogP contribution >= 0.6 is 0 Å². The third-order valence-corrected chi connectivity index (χ3v) is 3.62. The summed E-state index contributed by atoms with van der Waals surface area (Å²) in [5.41, 5.74) is 8.20. The number of aryl methyl sites for hydroxylation is 3. The molecule has 118 valence electrons. The third-order valence-electron chi connectivity index (χ3n) is 3.62. The van der Waals surface area contributed by atoms with Crippen LogP contribution in [-0.2, 0) is 13.0 Å². The summed E-state index contributed by atoms with van der Waals surface area (Å²) >= 11 is 0. The first-order valence-corrected chi connectivity index (χ1v) is 7.82. The van der Waals surface area contributed by atoms with Crippen LogP contribution in [0.3, 0.4) is 0 Å². The first-order valence-electron chi connectivity index (χ1n) is 7.82. The van der Waals surface area contributed by atoms with E-state index in [2.05, 4.69) is 38.9 Å². The lowest BCUT2D eigenvalue weighted by molar-refractivity contribution is 0.602. The van der Waals surface area contributed by atoms with Gasteiger partial charge in [-0.15, -0.1) is 0 Å². The molecular weight excluding hydrogens is 274 g/mol. The van der Waals surface area contributed by atoms with E-state index in [0.29, 0.717) is 5.96 Å². The van der Waals surface area contributed by atoms with Crippen molar-refractivity contribution < 1.29 is 0 Å². The minimum atomic E-state index is 0.479. The number of rotatable bonds is 7. The van der Waals surface area contributed by atoms with E-state index >= 15 is 0 Å². The zero-order valence-corrected chi connectivity index (χ0v) is 13.4. The highest BCUT2D eigenvalue weighted by Gasteiger charge is 1.98. The fraction of sp³-hybridized carbons (Fsp3) is 0.412. The molecule has 0 amide bonds. The Balaban J connectivity index is 1.72. The first-order chi connectivity index (χ1) is 10.7. The predicted octanol–water partition coefficient (Wildman–Crippen LogP) is 2.96. The molecule has 1 aromatic heterocycles. The highest BCUT2D eigenvalue weighted by atomic mass is 15.1. The van der Waals surface area contributed by atoms with Gasteiger partial charge < -0.3 is 15.6 Å². The molecule has 22 heavy (non-hydrogen) atoms. The van der Waals surface area contributed by atoms with Crippen molar-refractivity contribution in [2.75, 3.05) is 11.9 Å². The minimum absolute atomic E-state index is 0.479. The minimum Gasteiger partial charge on any atom is -0.370 e. The van der Waals surface area contributed by atoms with Crippen LogP contribution in [0, 0.1) is 6.92 Å². The lowest BCUT2D eigenvalue weighted by Gasteiger charge is -2.07. The normalized spacial score (nSPS) is 11.6. The number of benzene rings is 1. The summed E-state index contributed by atoms with van der Waals surface area (Å²) in [6.45, 7) is 5.87. The SMILES string of the molecule is CCc1cccc(NC(N)=NCCCCn2ccnc2C)c1. The molecule has 0 aliphatic carbocycles. The van der Waals surface area contributed by atoms with Crippen molar-refractivity contribution in [2.45, 2.75) is 39.7 Å². The van der Waals surface area contributed by atoms with Crippen LogP contribution in [0.2, 0.25) is 0 Å². The van der Waals surface area contributed by atoms with Gasteiger partial charge in [-0.05, 0) is 43.9 Å². The number of nitrogens with one attached hydrogen (secondary N) is 1. The molecule has 0 atom stereocenters. The molecule has 0 fully saturated rings. The summed E-state index contributed by atoms with van der Waals surface area (Å²) < 4.78 is 2.15. The Morgan fingerprint density at radius 1 is 1.36 bits per heavy atom. The first kappa shape index (κ1) is 16.1. The molecule has 0 unspecified atom stereocenters. The van der Waals surface area contributed by atoms with Gasteiger partial charge in [0.25, 0.3) is 0 Å². The number of unbranched alkanes of at least 4 members (excludes halogenated alkanes) is 1. The highest BCUT2D eigenvalue weighted by Crippen LogP contribution is 2.10. The topological polar surface area (TPSA) is 68.2 Å². The fourth-order valence-electron chi connectivity index (χ4n) is 2.29. The second kappa shape index (κ2) is 8.22. The fourth-order valence-corrected chi connectivity index (χ4v) is 2.29. The van der Waals surface area contributed by atoms with Gasteiger partial charge in [-0.2, -0.15) is 0 Å². The molecule has 5 heteroatoms. The summed E-state index contributed by atoms with van der Waals surface area (Å²) in [7, 11) is 0. The van der Waals surface area contributed by atoms with Crippen LogP contribution in [0.4, 0.5) is 5.69 Å². The standard InChI is InChI=1S/C17H25N5/c1-3-15-7-6-8-16(13-15)21-17(18)20-9-4-5-11-22-12-10-19-14(22)2/h6-8,10,12-13H,3-5,9,11H2,1-2H3,(H3,18,20,21). The number of imidazole rings is 1. The summed E-state index contributed by atoms with van der Waals surface area (Å²) in [4.78, 5) is 8.58. The molecule has 0 spiro atoms. The molecule has 0 saturated carbocycles. The molecule has 0 aliphatic rings. The van der Waals surface area contributed by atoms with Gasteiger partial charge in [-0.25, -0.2) is 4.98 Å². The smallest absolute Gasteiger partial charge is 0.193 e. The van der Waals surface area contributed by atoms with E-state index in [-0.39, 0.29) is 0 Å². The maximum Gasteiger partial charge on any atom is 0.193 e. The average Bonchev–Trinajstić information content (AvgIpc) is 2.92. The highest BCUT2D eigenvalue weighted by molar-refractivity contribution is 5.92. The van der Waals surface area contributed by atoms with Gasteiger partial charge >= 0.3 is 0 Å². The van der Waals surface area contributed by atoms with Crippen molar-refractivity contribution >= 4 is 11.6 Å². The van der Waals surface area contributed by atoms with Gasteiger partial charge in [0.2, 0.25) is 0 Å². The molecule has 0 bridgehead atoms. The van der Waals surface area contributed by atoms with Crippen LogP contribution < -0.4 is 11.1 Å². The zero-order valence-electron chi connectivity index (χ0n) is 13.4. The number of nitrogens with zero attached hydrogens (tertiary/aromatic N) is 3. The van der Waals surface area contributed by atoms with Crippen LogP contribution in [-0.4, -0.2) is 22.1 Å². The number of nitrogens with two attached hydrogens (primary N) is 1. The number of aliphatic imine (C=N–C) groups is 1. The van der Waals surface area contributed by atoms with Crippen molar-refractivity contribution in [2.24, 2.45) is 10.7 Å². The van der Waals surface area contributed by atoms with Gasteiger partial charge in [-0.3, -0.25) is 4.99 Å². The van der Waals surface area contributed by atoms with Gasteiger partial charge in [-0.1, -0.05) is 19.1 Å². The maximum atomic E-state index is 5.92. The van der Waals surface area contributed by atoms with E-state index < -0.39 is 0 Å². The van der Waals surface area contributed by atoms with Crippen molar-refractivity contribution in [3.05, 3.63) is 48.0 Å². The maximum absolute atomic E-state index is 5.92. The number of hydrogen-bond acceptors (Lipinski definition) is 2. The Labute approximate surface area is 132 Å². The Morgan fingerprint density at radius 3 is 2.95 bits per heavy atom. The lowest BCUT2D eigenvalue weighted by Crippen LogP contribution is -2.22. The Bertz CT molecular complexity index is 615. The number of aromatic nitrogens is 2. The summed E-state index contributed by atoms with van der Waals surface area (Å²) in [6, 6.07) is 8.24. The van der Waals surface area contributed by atoms with Crippen molar-refractivity contribution in [1.82, 2.24) is 9.55 Å². The number of anilines is 1. The molecule has 1 aromatic carbocycles. The Kier molecular flexibility index (Phi) is 6.01. The second-order valence-electron chi connectivity index (χ2n) is 5.32.